The number of pyridine rings is 1. The van der Waals surface area contributed by atoms with E-state index in [1.54, 1.807) is 11.8 Å². The van der Waals surface area contributed by atoms with Gasteiger partial charge in [0.1, 0.15) is 5.03 Å². The van der Waals surface area contributed by atoms with Gasteiger partial charge in [-0.25, -0.2) is 4.98 Å². The lowest BCUT2D eigenvalue weighted by Gasteiger charge is -2.36. The monoisotopic (exact) mass is 433 g/mol. The zero-order valence-electron chi connectivity index (χ0n) is 18.3. The molecule has 0 spiro atoms. The molecule has 7 heteroatoms. The van der Waals surface area contributed by atoms with E-state index in [0.29, 0.717) is 18.2 Å². The molecular weight excluding hydrogens is 398 g/mol. The highest BCUT2D eigenvalue weighted by Crippen LogP contribution is 2.36. The molecule has 3 rings (SSSR count). The van der Waals surface area contributed by atoms with Crippen LogP contribution in [0.25, 0.3) is 0 Å². The van der Waals surface area contributed by atoms with Crippen molar-refractivity contribution in [2.45, 2.75) is 81.2 Å². The summed E-state index contributed by atoms with van der Waals surface area (Å²) in [5, 5.41) is 13.6. The van der Waals surface area contributed by atoms with Gasteiger partial charge in [0.25, 0.3) is 5.91 Å². The fourth-order valence-corrected chi connectivity index (χ4v) is 5.62. The fourth-order valence-electron chi connectivity index (χ4n) is 4.75. The maximum Gasteiger partial charge on any atom is 0.304 e. The van der Waals surface area contributed by atoms with Gasteiger partial charge in [-0.2, -0.15) is 0 Å². The van der Waals surface area contributed by atoms with Gasteiger partial charge in [-0.3, -0.25) is 9.59 Å². The molecule has 2 aliphatic rings. The molecule has 1 aliphatic heterocycles. The number of hydrogen-bond donors (Lipinski definition) is 2. The summed E-state index contributed by atoms with van der Waals surface area (Å²) in [5.74, 6) is 0.114. The second-order valence-electron chi connectivity index (χ2n) is 8.74. The lowest BCUT2D eigenvalue weighted by Crippen LogP contribution is -2.45. The van der Waals surface area contributed by atoms with Gasteiger partial charge in [-0.05, 0) is 56.5 Å². The van der Waals surface area contributed by atoms with Crippen molar-refractivity contribution in [3.05, 3.63) is 23.4 Å². The highest BCUT2D eigenvalue weighted by Gasteiger charge is 2.38. The lowest BCUT2D eigenvalue weighted by molar-refractivity contribution is -0.138. The first-order valence-corrected chi connectivity index (χ1v) is 12.3. The third kappa shape index (κ3) is 5.35. The molecule has 30 heavy (non-hydrogen) atoms. The minimum Gasteiger partial charge on any atom is -0.481 e. The van der Waals surface area contributed by atoms with Crippen LogP contribution < -0.4 is 5.32 Å². The molecule has 1 aromatic heterocycles. The van der Waals surface area contributed by atoms with E-state index in [4.69, 9.17) is 4.98 Å². The summed E-state index contributed by atoms with van der Waals surface area (Å²) < 4.78 is 0. The molecule has 166 valence electrons. The molecule has 2 heterocycles. The van der Waals surface area contributed by atoms with Crippen LogP contribution in [-0.4, -0.2) is 58.8 Å². The fraction of sp³-hybridized carbons (Fsp3) is 0.696. The number of carbonyl (C=O) groups excluding carboxylic acids is 1. The summed E-state index contributed by atoms with van der Waals surface area (Å²) in [4.78, 5) is 31.8. The number of carbonyl (C=O) groups is 2. The Kier molecular flexibility index (Phi) is 8.17. The van der Waals surface area contributed by atoms with Gasteiger partial charge in [0.15, 0.2) is 0 Å². The van der Waals surface area contributed by atoms with E-state index < -0.39 is 11.4 Å². The quantitative estimate of drug-likeness (QED) is 0.601. The first kappa shape index (κ1) is 23.1. The third-order valence-corrected chi connectivity index (χ3v) is 7.68. The molecule has 2 fully saturated rings. The molecule has 1 aliphatic carbocycles. The van der Waals surface area contributed by atoms with Gasteiger partial charge < -0.3 is 15.3 Å². The van der Waals surface area contributed by atoms with E-state index in [2.05, 4.69) is 12.2 Å². The summed E-state index contributed by atoms with van der Waals surface area (Å²) in [6.45, 7) is 3.63. The van der Waals surface area contributed by atoms with Crippen molar-refractivity contribution < 1.29 is 14.7 Å². The zero-order chi connectivity index (χ0) is 21.6. The molecular formula is C23H35N3O3S. The Morgan fingerprint density at radius 3 is 2.67 bits per heavy atom. The number of piperidine rings is 1. The second-order valence-corrected chi connectivity index (χ2v) is 9.82. The summed E-state index contributed by atoms with van der Waals surface area (Å²) in [5.41, 5.74) is 0.940. The van der Waals surface area contributed by atoms with Crippen LogP contribution in [0.1, 0.15) is 80.8 Å². The Bertz CT molecular complexity index is 743. The molecule has 1 saturated heterocycles. The predicted octanol–water partition coefficient (Wildman–Crippen LogP) is 4.08. The van der Waals surface area contributed by atoms with Crippen molar-refractivity contribution in [2.75, 3.05) is 25.9 Å². The maximum atomic E-state index is 13.3. The van der Waals surface area contributed by atoms with E-state index in [1.165, 1.54) is 19.3 Å². The van der Waals surface area contributed by atoms with Crippen LogP contribution >= 0.6 is 11.8 Å². The van der Waals surface area contributed by atoms with Crippen LogP contribution in [0.4, 0.5) is 0 Å². The van der Waals surface area contributed by atoms with Crippen molar-refractivity contribution in [3.63, 3.8) is 0 Å². The van der Waals surface area contributed by atoms with Gasteiger partial charge in [-0.1, -0.05) is 26.2 Å². The van der Waals surface area contributed by atoms with Crippen LogP contribution in [0.2, 0.25) is 0 Å². The highest BCUT2D eigenvalue weighted by molar-refractivity contribution is 7.99. The normalized spacial score (nSPS) is 22.6. The third-order valence-electron chi connectivity index (χ3n) is 6.48. The zero-order valence-corrected chi connectivity index (χ0v) is 19.1. The second kappa shape index (κ2) is 10.6. The smallest absolute Gasteiger partial charge is 0.304 e. The Hall–Kier alpha value is -1.60. The standard InChI is InChI=1S/C23H35N3O3S/c1-3-14-30-21-18(22(29)26(2)17-8-5-4-6-9-17)10-11-19(25-21)23(15-20(27)28)12-7-13-24-16-23/h10-11,17,24H,3-9,12-16H2,1-2H3,(H,27,28)/t23-/m0/s1. The maximum absolute atomic E-state index is 13.3. The predicted molar refractivity (Wildman–Crippen MR) is 120 cm³/mol. The number of nitrogens with zero attached hydrogens (tertiary/aromatic N) is 2. The number of aromatic nitrogens is 1. The summed E-state index contributed by atoms with van der Waals surface area (Å²) in [6, 6.07) is 4.09. The number of carboxylic acids is 1. The number of hydrogen-bond acceptors (Lipinski definition) is 5. The van der Waals surface area contributed by atoms with Gasteiger partial charge in [0.2, 0.25) is 0 Å². The van der Waals surface area contributed by atoms with Gasteiger partial charge in [-0.15, -0.1) is 11.8 Å². The van der Waals surface area contributed by atoms with Crippen LogP contribution in [0.3, 0.4) is 0 Å². The molecule has 2 N–H and O–H groups in total. The van der Waals surface area contributed by atoms with E-state index in [-0.39, 0.29) is 12.3 Å². The van der Waals surface area contributed by atoms with E-state index in [9.17, 15) is 14.7 Å². The number of carboxylic acid groups (broad SMARTS) is 1. The average molecular weight is 434 g/mol. The number of amides is 1. The minimum absolute atomic E-state index is 0.0357. The summed E-state index contributed by atoms with van der Waals surface area (Å²) in [6.07, 6.45) is 8.53. The number of aliphatic carboxylic acids is 1. The van der Waals surface area contributed by atoms with Gasteiger partial charge >= 0.3 is 5.97 Å². The number of nitrogens with one attached hydrogen (secondary N) is 1. The van der Waals surface area contributed by atoms with Gasteiger partial charge in [0, 0.05) is 30.7 Å². The molecule has 1 aromatic rings. The Morgan fingerprint density at radius 1 is 1.27 bits per heavy atom. The number of thioether (sulfide) groups is 1. The highest BCUT2D eigenvalue weighted by atomic mass is 32.2. The first-order valence-electron chi connectivity index (χ1n) is 11.3. The average Bonchev–Trinajstić information content (AvgIpc) is 2.77. The number of rotatable bonds is 8. The van der Waals surface area contributed by atoms with Crippen molar-refractivity contribution in [1.82, 2.24) is 15.2 Å². The van der Waals surface area contributed by atoms with Crippen LogP contribution in [0.5, 0.6) is 0 Å². The molecule has 0 bridgehead atoms. The topological polar surface area (TPSA) is 82.5 Å². The van der Waals surface area contributed by atoms with E-state index in [0.717, 1.165) is 55.1 Å². The van der Waals surface area contributed by atoms with Crippen molar-refractivity contribution in [1.29, 1.82) is 0 Å². The van der Waals surface area contributed by atoms with Crippen LogP contribution in [0.15, 0.2) is 17.2 Å². The summed E-state index contributed by atoms with van der Waals surface area (Å²) >= 11 is 1.61. The molecule has 1 saturated carbocycles. The Balaban J connectivity index is 1.92. The van der Waals surface area contributed by atoms with E-state index >= 15 is 0 Å². The molecule has 0 unspecified atom stereocenters. The first-order chi connectivity index (χ1) is 14.5. The summed E-state index contributed by atoms with van der Waals surface area (Å²) in [7, 11) is 1.91. The van der Waals surface area contributed by atoms with Crippen molar-refractivity contribution >= 4 is 23.6 Å². The molecule has 6 nitrogen and oxygen atoms in total. The molecule has 0 aromatic carbocycles. The molecule has 1 amide bonds. The Labute approximate surface area is 184 Å². The van der Waals surface area contributed by atoms with Crippen LogP contribution in [-0.2, 0) is 10.2 Å². The molecule has 1 atom stereocenters. The van der Waals surface area contributed by atoms with E-state index in [1.807, 2.05) is 24.1 Å². The minimum atomic E-state index is -0.805. The van der Waals surface area contributed by atoms with Gasteiger partial charge in [0.05, 0.1) is 12.0 Å². The molecule has 0 radical (unpaired) electrons. The van der Waals surface area contributed by atoms with Crippen molar-refractivity contribution in [2.24, 2.45) is 0 Å². The SMILES string of the molecule is CCCSc1nc([C@]2(CC(=O)O)CCCNC2)ccc1C(=O)N(C)C1CCCCC1. The lowest BCUT2D eigenvalue weighted by atomic mass is 9.74. The van der Waals surface area contributed by atoms with Crippen molar-refractivity contribution in [3.8, 4) is 0 Å². The van der Waals surface area contributed by atoms with Crippen LogP contribution in [0, 0.1) is 0 Å². The largest absolute Gasteiger partial charge is 0.481 e. The Morgan fingerprint density at radius 2 is 2.03 bits per heavy atom.